The van der Waals surface area contributed by atoms with Crippen molar-refractivity contribution in [3.05, 3.63) is 29.6 Å². The lowest BCUT2D eigenvalue weighted by Crippen LogP contribution is -2.52. The number of carbonyl (C=O) groups excluding carboxylic acids is 2. The predicted molar refractivity (Wildman–Crippen MR) is 119 cm³/mol. The lowest BCUT2D eigenvalue weighted by molar-refractivity contribution is -0.134. The molecule has 0 saturated carbocycles. The number of hydrazine groups is 1. The smallest absolute Gasteiger partial charge is 0.234 e. The molecule has 32 heavy (non-hydrogen) atoms. The minimum Gasteiger partial charge on any atom is -0.388 e. The van der Waals surface area contributed by atoms with E-state index in [0.717, 1.165) is 58.4 Å². The summed E-state index contributed by atoms with van der Waals surface area (Å²) in [6.07, 6.45) is 4.15. The number of halogens is 1. The first kappa shape index (κ1) is 23.1. The van der Waals surface area contributed by atoms with E-state index >= 15 is 0 Å². The lowest BCUT2D eigenvalue weighted by atomic mass is 9.89. The molecule has 1 aromatic carbocycles. The summed E-state index contributed by atoms with van der Waals surface area (Å²) >= 11 is 0. The monoisotopic (exact) mass is 447 g/mol. The van der Waals surface area contributed by atoms with Gasteiger partial charge in [0.25, 0.3) is 0 Å². The highest BCUT2D eigenvalue weighted by atomic mass is 19.1. The van der Waals surface area contributed by atoms with Crippen molar-refractivity contribution in [3.8, 4) is 0 Å². The van der Waals surface area contributed by atoms with Crippen LogP contribution in [0.4, 0.5) is 10.1 Å². The van der Waals surface area contributed by atoms with Gasteiger partial charge in [-0.1, -0.05) is 6.07 Å². The SMILES string of the molecule is NNCC1(O)CCN(CC2CCN(c3ccc(C4CCC(=O)NC4=O)cc3F)CC2)CC1. The zero-order valence-corrected chi connectivity index (χ0v) is 18.5. The molecule has 5 N–H and O–H groups in total. The Bertz CT molecular complexity index is 835. The summed E-state index contributed by atoms with van der Waals surface area (Å²) in [6.45, 7) is 4.77. The van der Waals surface area contributed by atoms with E-state index < -0.39 is 11.5 Å². The number of nitrogens with one attached hydrogen (secondary N) is 2. The van der Waals surface area contributed by atoms with E-state index in [1.807, 2.05) is 6.07 Å². The van der Waals surface area contributed by atoms with Gasteiger partial charge in [-0.15, -0.1) is 0 Å². The Morgan fingerprint density at radius 3 is 2.50 bits per heavy atom. The number of benzene rings is 1. The summed E-state index contributed by atoms with van der Waals surface area (Å²) < 4.78 is 14.9. The highest BCUT2D eigenvalue weighted by Crippen LogP contribution is 2.31. The first-order valence-electron chi connectivity index (χ1n) is 11.6. The highest BCUT2D eigenvalue weighted by molar-refractivity contribution is 6.00. The molecule has 3 fully saturated rings. The van der Waals surface area contributed by atoms with Crippen LogP contribution in [0.2, 0.25) is 0 Å². The van der Waals surface area contributed by atoms with Gasteiger partial charge in [0.2, 0.25) is 11.8 Å². The Balaban J connectivity index is 1.28. The van der Waals surface area contributed by atoms with Crippen molar-refractivity contribution in [2.45, 2.75) is 50.0 Å². The fourth-order valence-corrected chi connectivity index (χ4v) is 5.25. The van der Waals surface area contributed by atoms with E-state index in [0.29, 0.717) is 30.1 Å². The molecule has 3 aliphatic rings. The molecular weight excluding hydrogens is 413 g/mol. The molecule has 3 heterocycles. The number of hydrogen-bond donors (Lipinski definition) is 4. The van der Waals surface area contributed by atoms with Crippen molar-refractivity contribution >= 4 is 17.5 Å². The van der Waals surface area contributed by atoms with Gasteiger partial charge in [-0.25, -0.2) is 4.39 Å². The van der Waals surface area contributed by atoms with E-state index in [9.17, 15) is 19.1 Å². The van der Waals surface area contributed by atoms with Crippen LogP contribution in [0.15, 0.2) is 18.2 Å². The predicted octanol–water partition coefficient (Wildman–Crippen LogP) is 0.853. The molecule has 0 spiro atoms. The third-order valence-corrected chi connectivity index (χ3v) is 7.30. The fraction of sp³-hybridized carbons (Fsp3) is 0.652. The van der Waals surface area contributed by atoms with E-state index in [1.54, 1.807) is 6.07 Å². The minimum absolute atomic E-state index is 0.265. The largest absolute Gasteiger partial charge is 0.388 e. The number of likely N-dealkylation sites (tertiary alicyclic amines) is 1. The molecule has 0 radical (unpaired) electrons. The van der Waals surface area contributed by atoms with E-state index in [2.05, 4.69) is 20.5 Å². The standard InChI is InChI=1S/C23H34FN5O3/c24-19-13-17(18-2-4-21(30)27-22(18)31)1-3-20(19)29-9-5-16(6-10-29)14-28-11-7-23(32,8-12-28)15-26-25/h1,3,13,16,18,26,32H,2,4-12,14-15,25H2,(H,27,30,31). The van der Waals surface area contributed by atoms with Gasteiger partial charge in [-0.2, -0.15) is 0 Å². The van der Waals surface area contributed by atoms with Crippen LogP contribution in [0.25, 0.3) is 0 Å². The van der Waals surface area contributed by atoms with Crippen molar-refractivity contribution < 1.29 is 19.1 Å². The summed E-state index contributed by atoms with van der Waals surface area (Å²) in [7, 11) is 0. The normalized spacial score (nSPS) is 25.1. The van der Waals surface area contributed by atoms with Crippen molar-refractivity contribution in [1.82, 2.24) is 15.6 Å². The van der Waals surface area contributed by atoms with Crippen molar-refractivity contribution in [2.24, 2.45) is 11.8 Å². The summed E-state index contributed by atoms with van der Waals surface area (Å²) in [5, 5.41) is 12.8. The van der Waals surface area contributed by atoms with Gasteiger partial charge in [0.05, 0.1) is 17.2 Å². The number of nitrogens with zero attached hydrogens (tertiary/aromatic N) is 2. The van der Waals surface area contributed by atoms with Crippen molar-refractivity contribution in [2.75, 3.05) is 44.2 Å². The Labute approximate surface area is 188 Å². The highest BCUT2D eigenvalue weighted by Gasteiger charge is 2.33. The Morgan fingerprint density at radius 2 is 1.88 bits per heavy atom. The summed E-state index contributed by atoms with van der Waals surface area (Å²) in [5.41, 5.74) is 3.09. The second-order valence-corrected chi connectivity index (χ2v) is 9.55. The molecule has 1 unspecified atom stereocenters. The molecule has 176 valence electrons. The average molecular weight is 448 g/mol. The third-order valence-electron chi connectivity index (χ3n) is 7.30. The van der Waals surface area contributed by atoms with Crippen LogP contribution in [0.3, 0.4) is 0 Å². The molecule has 8 nitrogen and oxygen atoms in total. The van der Waals surface area contributed by atoms with Gasteiger partial charge in [0.1, 0.15) is 5.82 Å². The Kier molecular flexibility index (Phi) is 7.09. The number of anilines is 1. The minimum atomic E-state index is -0.702. The van der Waals surface area contributed by atoms with Crippen LogP contribution in [-0.2, 0) is 9.59 Å². The second kappa shape index (κ2) is 9.82. The second-order valence-electron chi connectivity index (χ2n) is 9.55. The number of piperidine rings is 3. The number of rotatable bonds is 6. The molecular formula is C23H34FN5O3. The van der Waals surface area contributed by atoms with Crippen LogP contribution in [0.1, 0.15) is 50.0 Å². The molecule has 3 aliphatic heterocycles. The fourth-order valence-electron chi connectivity index (χ4n) is 5.25. The third kappa shape index (κ3) is 5.28. The lowest BCUT2D eigenvalue weighted by Gasteiger charge is -2.41. The van der Waals surface area contributed by atoms with Crippen LogP contribution in [-0.4, -0.2) is 66.7 Å². The number of nitrogens with two attached hydrogens (primary N) is 1. The number of carbonyl (C=O) groups is 2. The van der Waals surface area contributed by atoms with Gasteiger partial charge in [-0.3, -0.25) is 26.2 Å². The maximum atomic E-state index is 14.9. The number of imide groups is 1. The summed E-state index contributed by atoms with van der Waals surface area (Å²) in [5.74, 6) is 4.55. The quantitative estimate of drug-likeness (QED) is 0.291. The summed E-state index contributed by atoms with van der Waals surface area (Å²) in [4.78, 5) is 27.9. The number of hydrogen-bond acceptors (Lipinski definition) is 7. The molecule has 1 aromatic rings. The van der Waals surface area contributed by atoms with Crippen molar-refractivity contribution in [3.63, 3.8) is 0 Å². The number of aliphatic hydroxyl groups is 1. The zero-order chi connectivity index (χ0) is 22.7. The van der Waals surface area contributed by atoms with E-state index in [4.69, 9.17) is 5.84 Å². The molecule has 0 aliphatic carbocycles. The average Bonchev–Trinajstić information content (AvgIpc) is 2.76. The van der Waals surface area contributed by atoms with Gasteiger partial charge in [0.15, 0.2) is 0 Å². The molecule has 3 saturated heterocycles. The van der Waals surface area contributed by atoms with Gasteiger partial charge < -0.3 is 14.9 Å². The maximum absolute atomic E-state index is 14.9. The number of amides is 2. The van der Waals surface area contributed by atoms with Crippen LogP contribution < -0.4 is 21.5 Å². The van der Waals surface area contributed by atoms with Crippen LogP contribution >= 0.6 is 0 Å². The van der Waals surface area contributed by atoms with Crippen LogP contribution in [0, 0.1) is 11.7 Å². The Morgan fingerprint density at radius 1 is 1.16 bits per heavy atom. The molecule has 2 amide bonds. The Hall–Kier alpha value is -2.07. The van der Waals surface area contributed by atoms with Gasteiger partial charge in [0, 0.05) is 45.7 Å². The summed E-state index contributed by atoms with van der Waals surface area (Å²) in [6, 6.07) is 5.04. The van der Waals surface area contributed by atoms with Crippen molar-refractivity contribution in [1.29, 1.82) is 0 Å². The molecule has 4 rings (SSSR count). The molecule has 9 heteroatoms. The maximum Gasteiger partial charge on any atom is 0.234 e. The first-order valence-corrected chi connectivity index (χ1v) is 11.6. The first-order chi connectivity index (χ1) is 15.4. The molecule has 0 bridgehead atoms. The molecule has 1 atom stereocenters. The molecule has 0 aromatic heterocycles. The van der Waals surface area contributed by atoms with Crippen LogP contribution in [0.5, 0.6) is 0 Å². The van der Waals surface area contributed by atoms with Gasteiger partial charge in [-0.05, 0) is 55.7 Å². The van der Waals surface area contributed by atoms with Gasteiger partial charge >= 0.3 is 0 Å². The zero-order valence-electron chi connectivity index (χ0n) is 18.5. The van der Waals surface area contributed by atoms with E-state index in [-0.39, 0.29) is 24.1 Å². The van der Waals surface area contributed by atoms with E-state index in [1.165, 1.54) is 6.07 Å². The topological polar surface area (TPSA) is 111 Å².